The zero-order valence-electron chi connectivity index (χ0n) is 6.55. The number of hydrogen-bond acceptors (Lipinski definition) is 4. The molecule has 0 unspecified atom stereocenters. The summed E-state index contributed by atoms with van der Waals surface area (Å²) >= 11 is 0. The maximum absolute atomic E-state index is 12.5. The maximum Gasteiger partial charge on any atom is 0.301 e. The SMILES string of the molecule is O=[N+]([O-])c1cc(F)ccc1S(=O)(=O)O. The van der Waals surface area contributed by atoms with E-state index in [4.69, 9.17) is 4.55 Å². The molecule has 0 aliphatic carbocycles. The fraction of sp³-hybridized carbons (Fsp3) is 0. The highest BCUT2D eigenvalue weighted by molar-refractivity contribution is 7.86. The molecule has 1 N–H and O–H groups in total. The number of halogens is 1. The van der Waals surface area contributed by atoms with Gasteiger partial charge in [0.15, 0.2) is 4.90 Å². The maximum atomic E-state index is 12.5. The molecule has 14 heavy (non-hydrogen) atoms. The predicted octanol–water partition coefficient (Wildman–Crippen LogP) is 0.981. The van der Waals surface area contributed by atoms with Crippen molar-refractivity contribution in [3.05, 3.63) is 34.1 Å². The van der Waals surface area contributed by atoms with Gasteiger partial charge in [-0.3, -0.25) is 14.7 Å². The molecule has 8 heteroatoms. The van der Waals surface area contributed by atoms with E-state index in [9.17, 15) is 22.9 Å². The zero-order chi connectivity index (χ0) is 10.9. The van der Waals surface area contributed by atoms with Crippen LogP contribution >= 0.6 is 0 Å². The van der Waals surface area contributed by atoms with Gasteiger partial charge in [-0.25, -0.2) is 4.39 Å². The van der Waals surface area contributed by atoms with E-state index in [0.717, 1.165) is 0 Å². The van der Waals surface area contributed by atoms with E-state index in [2.05, 4.69) is 0 Å². The summed E-state index contributed by atoms with van der Waals surface area (Å²) in [5.74, 6) is -0.955. The molecular weight excluding hydrogens is 217 g/mol. The van der Waals surface area contributed by atoms with Crippen molar-refractivity contribution >= 4 is 15.8 Å². The molecule has 1 rings (SSSR count). The Balaban J connectivity index is 3.53. The zero-order valence-corrected chi connectivity index (χ0v) is 7.36. The van der Waals surface area contributed by atoms with E-state index < -0.39 is 31.4 Å². The highest BCUT2D eigenvalue weighted by Crippen LogP contribution is 2.23. The Kier molecular flexibility index (Phi) is 2.49. The Hall–Kier alpha value is -1.54. The van der Waals surface area contributed by atoms with Crippen LogP contribution < -0.4 is 0 Å². The van der Waals surface area contributed by atoms with E-state index in [0.29, 0.717) is 18.2 Å². The van der Waals surface area contributed by atoms with Crippen LogP contribution in [0, 0.1) is 15.9 Å². The predicted molar refractivity (Wildman–Crippen MR) is 42.9 cm³/mol. The normalized spacial score (nSPS) is 11.3. The van der Waals surface area contributed by atoms with E-state index in [1.165, 1.54) is 0 Å². The topological polar surface area (TPSA) is 97.5 Å². The monoisotopic (exact) mass is 221 g/mol. The molecule has 0 spiro atoms. The summed E-state index contributed by atoms with van der Waals surface area (Å²) in [6, 6.07) is 1.75. The number of nitrogens with zero attached hydrogens (tertiary/aromatic N) is 1. The van der Waals surface area contributed by atoms with Crippen molar-refractivity contribution < 1.29 is 22.3 Å². The minimum atomic E-state index is -4.70. The fourth-order valence-corrected chi connectivity index (χ4v) is 1.49. The van der Waals surface area contributed by atoms with Gasteiger partial charge in [-0.15, -0.1) is 0 Å². The summed E-state index contributed by atoms with van der Waals surface area (Å²) < 4.78 is 42.3. The number of nitro groups is 1. The average Bonchev–Trinajstić information content (AvgIpc) is 2.01. The molecule has 0 saturated heterocycles. The van der Waals surface area contributed by atoms with Crippen LogP contribution in [-0.4, -0.2) is 17.9 Å². The second-order valence-corrected chi connectivity index (χ2v) is 3.73. The second kappa shape index (κ2) is 3.31. The summed E-state index contributed by atoms with van der Waals surface area (Å²) in [7, 11) is -4.70. The van der Waals surface area contributed by atoms with Crippen LogP contribution in [0.5, 0.6) is 0 Å². The van der Waals surface area contributed by atoms with E-state index in [1.54, 1.807) is 0 Å². The Morgan fingerprint density at radius 1 is 1.43 bits per heavy atom. The van der Waals surface area contributed by atoms with Crippen LogP contribution in [0.15, 0.2) is 23.1 Å². The molecule has 1 aromatic rings. The van der Waals surface area contributed by atoms with Gasteiger partial charge in [-0.2, -0.15) is 8.42 Å². The van der Waals surface area contributed by atoms with Crippen LogP contribution in [0.4, 0.5) is 10.1 Å². The molecule has 0 heterocycles. The van der Waals surface area contributed by atoms with Gasteiger partial charge in [0.1, 0.15) is 5.82 Å². The van der Waals surface area contributed by atoms with Crippen molar-refractivity contribution in [1.82, 2.24) is 0 Å². The van der Waals surface area contributed by atoms with E-state index >= 15 is 0 Å². The summed E-state index contributed by atoms with van der Waals surface area (Å²) in [6.07, 6.45) is 0. The quantitative estimate of drug-likeness (QED) is 0.456. The molecule has 0 aliphatic heterocycles. The third-order valence-corrected chi connectivity index (χ3v) is 2.30. The van der Waals surface area contributed by atoms with Gasteiger partial charge in [-0.05, 0) is 12.1 Å². The van der Waals surface area contributed by atoms with Gasteiger partial charge in [0.2, 0.25) is 0 Å². The first-order valence-corrected chi connectivity index (χ1v) is 4.68. The van der Waals surface area contributed by atoms with Gasteiger partial charge in [0.05, 0.1) is 11.0 Å². The lowest BCUT2D eigenvalue weighted by Gasteiger charge is -1.98. The lowest BCUT2D eigenvalue weighted by molar-refractivity contribution is -0.388. The molecule has 0 bridgehead atoms. The Bertz CT molecular complexity index is 483. The Labute approximate surface area is 77.9 Å². The van der Waals surface area contributed by atoms with Crippen LogP contribution in [0.1, 0.15) is 0 Å². The van der Waals surface area contributed by atoms with Crippen LogP contribution in [0.3, 0.4) is 0 Å². The lowest BCUT2D eigenvalue weighted by Crippen LogP contribution is -2.03. The van der Waals surface area contributed by atoms with Crippen LogP contribution in [0.2, 0.25) is 0 Å². The summed E-state index contributed by atoms with van der Waals surface area (Å²) in [6.45, 7) is 0. The van der Waals surface area contributed by atoms with Crippen LogP contribution in [-0.2, 0) is 10.1 Å². The summed E-state index contributed by atoms with van der Waals surface area (Å²) in [5, 5.41) is 10.3. The number of hydrogen-bond donors (Lipinski definition) is 1. The summed E-state index contributed by atoms with van der Waals surface area (Å²) in [5.41, 5.74) is -0.993. The fourth-order valence-electron chi connectivity index (χ4n) is 0.851. The molecule has 76 valence electrons. The van der Waals surface area contributed by atoms with Crippen molar-refractivity contribution in [2.75, 3.05) is 0 Å². The minimum Gasteiger partial charge on any atom is -0.282 e. The first kappa shape index (κ1) is 10.5. The second-order valence-electron chi connectivity index (χ2n) is 2.34. The molecule has 0 atom stereocenters. The van der Waals surface area contributed by atoms with Crippen molar-refractivity contribution in [1.29, 1.82) is 0 Å². The smallest absolute Gasteiger partial charge is 0.282 e. The third kappa shape index (κ3) is 2.03. The molecule has 0 radical (unpaired) electrons. The van der Waals surface area contributed by atoms with Crippen molar-refractivity contribution in [2.24, 2.45) is 0 Å². The first-order chi connectivity index (χ1) is 6.32. The highest BCUT2D eigenvalue weighted by Gasteiger charge is 2.24. The lowest BCUT2D eigenvalue weighted by atomic mass is 10.3. The van der Waals surface area contributed by atoms with Crippen molar-refractivity contribution in [2.45, 2.75) is 4.90 Å². The number of benzene rings is 1. The van der Waals surface area contributed by atoms with Gasteiger partial charge in [0.25, 0.3) is 5.69 Å². The third-order valence-electron chi connectivity index (χ3n) is 1.40. The van der Waals surface area contributed by atoms with Gasteiger partial charge in [0, 0.05) is 0 Å². The molecule has 1 aromatic carbocycles. The molecule has 0 saturated carbocycles. The Morgan fingerprint density at radius 2 is 2.00 bits per heavy atom. The standard InChI is InChI=1S/C6H4FNO5S/c7-4-1-2-6(14(11,12)13)5(3-4)8(9)10/h1-3H,(H,11,12,13). The molecule has 0 amide bonds. The van der Waals surface area contributed by atoms with E-state index in [-0.39, 0.29) is 0 Å². The molecular formula is C6H4FNO5S. The van der Waals surface area contributed by atoms with Gasteiger partial charge in [-0.1, -0.05) is 0 Å². The summed E-state index contributed by atoms with van der Waals surface area (Å²) in [4.78, 5) is 8.27. The molecule has 0 fully saturated rings. The Morgan fingerprint density at radius 3 is 2.43 bits per heavy atom. The van der Waals surface area contributed by atoms with Crippen molar-refractivity contribution in [3.8, 4) is 0 Å². The van der Waals surface area contributed by atoms with Crippen molar-refractivity contribution in [3.63, 3.8) is 0 Å². The highest BCUT2D eigenvalue weighted by atomic mass is 32.2. The first-order valence-electron chi connectivity index (χ1n) is 3.24. The largest absolute Gasteiger partial charge is 0.301 e. The van der Waals surface area contributed by atoms with E-state index in [1.807, 2.05) is 0 Å². The average molecular weight is 221 g/mol. The number of nitro benzene ring substituents is 1. The molecule has 0 aliphatic rings. The molecule has 6 nitrogen and oxygen atoms in total. The van der Waals surface area contributed by atoms with Crippen LogP contribution in [0.25, 0.3) is 0 Å². The van der Waals surface area contributed by atoms with Gasteiger partial charge < -0.3 is 0 Å². The minimum absolute atomic E-state index is 0.420. The van der Waals surface area contributed by atoms with Gasteiger partial charge >= 0.3 is 10.1 Å². The number of rotatable bonds is 2. The molecule has 0 aromatic heterocycles.